The van der Waals surface area contributed by atoms with Gasteiger partial charge in [-0.2, -0.15) is 5.26 Å². The van der Waals surface area contributed by atoms with Crippen molar-refractivity contribution >= 4 is 11.6 Å². The van der Waals surface area contributed by atoms with Crippen molar-refractivity contribution < 1.29 is 4.79 Å². The van der Waals surface area contributed by atoms with Crippen molar-refractivity contribution in [2.75, 3.05) is 18.4 Å². The second-order valence-corrected chi connectivity index (χ2v) is 4.04. The predicted octanol–water partition coefficient (Wildman–Crippen LogP) is 0.891. The highest BCUT2D eigenvalue weighted by Crippen LogP contribution is 2.28. The number of carbonyl (C=O) groups is 1. The second-order valence-electron chi connectivity index (χ2n) is 4.04. The van der Waals surface area contributed by atoms with Crippen molar-refractivity contribution in [1.29, 1.82) is 5.26 Å². The first-order chi connectivity index (χ1) is 8.29. The highest BCUT2D eigenvalue weighted by atomic mass is 16.2. The van der Waals surface area contributed by atoms with Gasteiger partial charge in [-0.3, -0.25) is 4.79 Å². The fourth-order valence-corrected chi connectivity index (χ4v) is 1.45. The predicted molar refractivity (Wildman–Crippen MR) is 63.2 cm³/mol. The first kappa shape index (κ1) is 11.4. The number of nitrogens with one attached hydrogen (secondary N) is 2. The summed E-state index contributed by atoms with van der Waals surface area (Å²) in [6.07, 6.45) is 3.67. The number of nitriles is 1. The Morgan fingerprint density at radius 3 is 2.88 bits per heavy atom. The zero-order valence-electron chi connectivity index (χ0n) is 9.44. The van der Waals surface area contributed by atoms with Crippen molar-refractivity contribution in [3.8, 4) is 6.07 Å². The molecule has 0 aliphatic heterocycles. The third-order valence-corrected chi connectivity index (χ3v) is 2.58. The van der Waals surface area contributed by atoms with Gasteiger partial charge in [-0.25, -0.2) is 4.98 Å². The van der Waals surface area contributed by atoms with Gasteiger partial charge in [0.25, 0.3) is 0 Å². The van der Waals surface area contributed by atoms with Crippen LogP contribution in [0.5, 0.6) is 0 Å². The summed E-state index contributed by atoms with van der Waals surface area (Å²) in [4.78, 5) is 15.3. The molecule has 1 saturated carbocycles. The summed E-state index contributed by atoms with van der Waals surface area (Å²) in [5.41, 5.74) is 1.25. The molecule has 1 heterocycles. The maximum Gasteiger partial charge on any atom is 0.223 e. The van der Waals surface area contributed by atoms with E-state index in [0.717, 1.165) is 18.5 Å². The van der Waals surface area contributed by atoms with Crippen LogP contribution in [0.25, 0.3) is 0 Å². The SMILES string of the molecule is N#Cc1ccc(NCCNC(=O)C2CC2)cn1. The van der Waals surface area contributed by atoms with Crippen LogP contribution < -0.4 is 10.6 Å². The topological polar surface area (TPSA) is 77.8 Å². The third-order valence-electron chi connectivity index (χ3n) is 2.58. The molecule has 0 unspecified atom stereocenters. The van der Waals surface area contributed by atoms with Gasteiger partial charge in [-0.05, 0) is 25.0 Å². The van der Waals surface area contributed by atoms with E-state index < -0.39 is 0 Å². The molecule has 2 rings (SSSR count). The molecule has 17 heavy (non-hydrogen) atoms. The van der Waals surface area contributed by atoms with Gasteiger partial charge in [0.2, 0.25) is 5.91 Å². The minimum absolute atomic E-state index is 0.157. The average Bonchev–Trinajstić information content (AvgIpc) is 3.19. The molecule has 1 aromatic rings. The number of aromatic nitrogens is 1. The summed E-state index contributed by atoms with van der Waals surface area (Å²) in [6, 6.07) is 5.42. The standard InChI is InChI=1S/C12H14N4O/c13-7-10-3-4-11(8-16-10)14-5-6-15-12(17)9-1-2-9/h3-4,8-9,14H,1-2,5-6H2,(H,15,17). The van der Waals surface area contributed by atoms with E-state index in [2.05, 4.69) is 15.6 Å². The largest absolute Gasteiger partial charge is 0.382 e. The van der Waals surface area contributed by atoms with Crippen molar-refractivity contribution in [2.24, 2.45) is 5.92 Å². The van der Waals surface area contributed by atoms with Gasteiger partial charge in [0.15, 0.2) is 0 Å². The third kappa shape index (κ3) is 3.45. The highest BCUT2D eigenvalue weighted by Gasteiger charge is 2.28. The fourth-order valence-electron chi connectivity index (χ4n) is 1.45. The van der Waals surface area contributed by atoms with Crippen molar-refractivity contribution in [3.63, 3.8) is 0 Å². The Bertz CT molecular complexity index is 431. The first-order valence-electron chi connectivity index (χ1n) is 5.67. The van der Waals surface area contributed by atoms with E-state index in [9.17, 15) is 4.79 Å². The van der Waals surface area contributed by atoms with Crippen LogP contribution in [0.2, 0.25) is 0 Å². The summed E-state index contributed by atoms with van der Waals surface area (Å²) in [5.74, 6) is 0.413. The van der Waals surface area contributed by atoms with E-state index in [1.807, 2.05) is 6.07 Å². The minimum Gasteiger partial charge on any atom is -0.382 e. The lowest BCUT2D eigenvalue weighted by atomic mass is 10.3. The molecule has 1 aliphatic rings. The Morgan fingerprint density at radius 2 is 2.29 bits per heavy atom. The number of pyridine rings is 1. The van der Waals surface area contributed by atoms with Gasteiger partial charge >= 0.3 is 0 Å². The summed E-state index contributed by atoms with van der Waals surface area (Å²) in [6.45, 7) is 1.27. The van der Waals surface area contributed by atoms with Crippen LogP contribution in [0.1, 0.15) is 18.5 Å². The molecular formula is C12H14N4O. The number of rotatable bonds is 5. The van der Waals surface area contributed by atoms with E-state index in [0.29, 0.717) is 18.8 Å². The number of amides is 1. The van der Waals surface area contributed by atoms with E-state index in [1.165, 1.54) is 0 Å². The maximum absolute atomic E-state index is 11.3. The number of nitrogens with zero attached hydrogens (tertiary/aromatic N) is 2. The molecule has 1 fully saturated rings. The van der Waals surface area contributed by atoms with Crippen LogP contribution in [0.3, 0.4) is 0 Å². The Balaban J connectivity index is 1.67. The maximum atomic E-state index is 11.3. The van der Waals surface area contributed by atoms with Crippen molar-refractivity contribution in [2.45, 2.75) is 12.8 Å². The Kier molecular flexibility index (Phi) is 3.55. The van der Waals surface area contributed by atoms with Crippen LogP contribution in [0, 0.1) is 17.2 Å². The van der Waals surface area contributed by atoms with Crippen LogP contribution in [-0.4, -0.2) is 24.0 Å². The van der Waals surface area contributed by atoms with Gasteiger partial charge < -0.3 is 10.6 Å². The molecule has 5 nitrogen and oxygen atoms in total. The van der Waals surface area contributed by atoms with Crippen LogP contribution in [0.4, 0.5) is 5.69 Å². The first-order valence-corrected chi connectivity index (χ1v) is 5.67. The highest BCUT2D eigenvalue weighted by molar-refractivity contribution is 5.80. The van der Waals surface area contributed by atoms with Crippen molar-refractivity contribution in [1.82, 2.24) is 10.3 Å². The number of anilines is 1. The Hall–Kier alpha value is -2.09. The number of carbonyl (C=O) groups excluding carboxylic acids is 1. The molecule has 5 heteroatoms. The Labute approximate surface area is 99.9 Å². The van der Waals surface area contributed by atoms with Crippen LogP contribution in [-0.2, 0) is 4.79 Å². The zero-order chi connectivity index (χ0) is 12.1. The van der Waals surface area contributed by atoms with Crippen LogP contribution in [0.15, 0.2) is 18.3 Å². The number of hydrogen-bond donors (Lipinski definition) is 2. The molecule has 0 spiro atoms. The number of hydrogen-bond acceptors (Lipinski definition) is 4. The van der Waals surface area contributed by atoms with Gasteiger partial charge in [-0.1, -0.05) is 0 Å². The van der Waals surface area contributed by atoms with Crippen LogP contribution >= 0.6 is 0 Å². The van der Waals surface area contributed by atoms with Gasteiger partial charge in [0.05, 0.1) is 11.9 Å². The quantitative estimate of drug-likeness (QED) is 0.736. The lowest BCUT2D eigenvalue weighted by Crippen LogP contribution is -2.29. The lowest BCUT2D eigenvalue weighted by molar-refractivity contribution is -0.122. The van der Waals surface area contributed by atoms with Crippen molar-refractivity contribution in [3.05, 3.63) is 24.0 Å². The van der Waals surface area contributed by atoms with Gasteiger partial charge in [-0.15, -0.1) is 0 Å². The summed E-state index contributed by atoms with van der Waals surface area (Å²) >= 11 is 0. The molecule has 1 aromatic heterocycles. The molecule has 2 N–H and O–H groups in total. The summed E-state index contributed by atoms with van der Waals surface area (Å²) in [7, 11) is 0. The molecule has 0 bridgehead atoms. The Morgan fingerprint density at radius 1 is 1.47 bits per heavy atom. The monoisotopic (exact) mass is 230 g/mol. The zero-order valence-corrected chi connectivity index (χ0v) is 9.44. The normalized spacial score (nSPS) is 13.8. The molecule has 88 valence electrons. The lowest BCUT2D eigenvalue weighted by Gasteiger charge is -2.07. The van der Waals surface area contributed by atoms with E-state index in [1.54, 1.807) is 18.3 Å². The van der Waals surface area contributed by atoms with E-state index in [-0.39, 0.29) is 11.8 Å². The smallest absolute Gasteiger partial charge is 0.223 e. The molecule has 1 aliphatic carbocycles. The summed E-state index contributed by atoms with van der Waals surface area (Å²) in [5, 5.41) is 14.6. The molecule has 0 atom stereocenters. The molecule has 0 radical (unpaired) electrons. The molecular weight excluding hydrogens is 216 g/mol. The van der Waals surface area contributed by atoms with E-state index >= 15 is 0 Å². The molecule has 1 amide bonds. The fraction of sp³-hybridized carbons (Fsp3) is 0.417. The average molecular weight is 230 g/mol. The second kappa shape index (κ2) is 5.30. The summed E-state index contributed by atoms with van der Waals surface area (Å²) < 4.78 is 0. The molecule has 0 saturated heterocycles. The van der Waals surface area contributed by atoms with Gasteiger partial charge in [0, 0.05) is 19.0 Å². The molecule has 0 aromatic carbocycles. The van der Waals surface area contributed by atoms with Gasteiger partial charge in [0.1, 0.15) is 11.8 Å². The minimum atomic E-state index is 0.157. The van der Waals surface area contributed by atoms with E-state index in [4.69, 9.17) is 5.26 Å².